The molecule has 29 heavy (non-hydrogen) atoms. The number of methoxy groups -OCH3 is 2. The third-order valence-electron chi connectivity index (χ3n) is 4.46. The third kappa shape index (κ3) is 7.74. The number of rotatable bonds is 9. The molecule has 0 saturated heterocycles. The first-order chi connectivity index (χ1) is 13.5. The molecule has 0 spiro atoms. The highest BCUT2D eigenvalue weighted by Gasteiger charge is 2.22. The van der Waals surface area contributed by atoms with E-state index < -0.39 is 5.60 Å². The molecule has 1 atom stereocenters. The Morgan fingerprint density at radius 1 is 1.07 bits per heavy atom. The average Bonchev–Trinajstić information content (AvgIpc) is 2.72. The van der Waals surface area contributed by atoms with E-state index in [0.29, 0.717) is 12.5 Å². The highest BCUT2D eigenvalue weighted by atomic mass is 127. The first kappa shape index (κ1) is 25.0. The summed E-state index contributed by atoms with van der Waals surface area (Å²) >= 11 is 0. The van der Waals surface area contributed by atoms with Crippen LogP contribution >= 0.6 is 24.0 Å². The second kappa shape index (κ2) is 12.5. The van der Waals surface area contributed by atoms with Crippen molar-refractivity contribution in [2.45, 2.75) is 25.9 Å². The van der Waals surface area contributed by atoms with E-state index in [4.69, 9.17) is 9.47 Å². The summed E-state index contributed by atoms with van der Waals surface area (Å²) in [6.45, 7) is 5.45. The molecule has 1 unspecified atom stereocenters. The van der Waals surface area contributed by atoms with Gasteiger partial charge in [0.25, 0.3) is 0 Å². The number of aliphatic hydroxyl groups is 1. The standard InChI is InChI=1S/C22H31N3O3.HI/c1-5-23-21(25-16-22(2,26)18-9-7-6-8-10-18)24-14-13-17-15-19(27-3)11-12-20(17)28-4;/h6-12,15,26H,5,13-14,16H2,1-4H3,(H2,23,24,25);1H. The number of ether oxygens (including phenoxy) is 2. The Balaban J connectivity index is 0.00000420. The second-order valence-corrected chi connectivity index (χ2v) is 6.69. The van der Waals surface area contributed by atoms with Crippen molar-refractivity contribution < 1.29 is 14.6 Å². The highest BCUT2D eigenvalue weighted by molar-refractivity contribution is 14.0. The van der Waals surface area contributed by atoms with E-state index in [9.17, 15) is 5.11 Å². The van der Waals surface area contributed by atoms with Crippen LogP contribution in [0.2, 0.25) is 0 Å². The Bertz CT molecular complexity index is 767. The van der Waals surface area contributed by atoms with Gasteiger partial charge in [-0.3, -0.25) is 0 Å². The van der Waals surface area contributed by atoms with E-state index in [1.165, 1.54) is 0 Å². The molecular weight excluding hydrogens is 481 g/mol. The predicted octanol–water partition coefficient (Wildman–Crippen LogP) is 3.33. The third-order valence-corrected chi connectivity index (χ3v) is 4.46. The molecule has 0 fully saturated rings. The zero-order valence-electron chi connectivity index (χ0n) is 17.6. The van der Waals surface area contributed by atoms with Gasteiger partial charge >= 0.3 is 0 Å². The molecule has 3 N–H and O–H groups in total. The van der Waals surface area contributed by atoms with Gasteiger partial charge in [-0.15, -0.1) is 24.0 Å². The smallest absolute Gasteiger partial charge is 0.191 e. The molecule has 7 heteroatoms. The molecule has 0 saturated carbocycles. The van der Waals surface area contributed by atoms with Crippen LogP contribution in [0.3, 0.4) is 0 Å². The first-order valence-electron chi connectivity index (χ1n) is 9.51. The fourth-order valence-electron chi connectivity index (χ4n) is 2.86. The van der Waals surface area contributed by atoms with E-state index in [0.717, 1.165) is 35.6 Å². The van der Waals surface area contributed by atoms with Gasteiger partial charge in [-0.05, 0) is 49.6 Å². The molecule has 0 heterocycles. The number of hydrogen-bond acceptors (Lipinski definition) is 4. The summed E-state index contributed by atoms with van der Waals surface area (Å²) in [5.41, 5.74) is 0.872. The molecule has 0 amide bonds. The van der Waals surface area contributed by atoms with Gasteiger partial charge in [0.05, 0.1) is 20.8 Å². The van der Waals surface area contributed by atoms with Crippen LogP contribution in [-0.2, 0) is 12.0 Å². The van der Waals surface area contributed by atoms with Gasteiger partial charge in [-0.25, -0.2) is 4.99 Å². The van der Waals surface area contributed by atoms with Crippen molar-refractivity contribution in [2.75, 3.05) is 33.9 Å². The number of aliphatic imine (C=N–C) groups is 1. The van der Waals surface area contributed by atoms with Crippen molar-refractivity contribution in [2.24, 2.45) is 4.99 Å². The maximum atomic E-state index is 10.7. The minimum absolute atomic E-state index is 0. The van der Waals surface area contributed by atoms with Gasteiger partial charge < -0.3 is 25.2 Å². The molecule has 0 bridgehead atoms. The Labute approximate surface area is 190 Å². The van der Waals surface area contributed by atoms with Gasteiger partial charge in [0.2, 0.25) is 0 Å². The average molecular weight is 513 g/mol. The molecule has 0 aliphatic carbocycles. The predicted molar refractivity (Wildman–Crippen MR) is 129 cm³/mol. The second-order valence-electron chi connectivity index (χ2n) is 6.69. The molecule has 0 aliphatic heterocycles. The maximum Gasteiger partial charge on any atom is 0.191 e. The van der Waals surface area contributed by atoms with Gasteiger partial charge in [-0.2, -0.15) is 0 Å². The van der Waals surface area contributed by atoms with Crippen molar-refractivity contribution in [1.29, 1.82) is 0 Å². The van der Waals surface area contributed by atoms with Crippen LogP contribution in [0.25, 0.3) is 0 Å². The lowest BCUT2D eigenvalue weighted by atomic mass is 9.96. The lowest BCUT2D eigenvalue weighted by Crippen LogP contribution is -2.39. The number of benzene rings is 2. The zero-order chi connectivity index (χ0) is 20.4. The first-order valence-corrected chi connectivity index (χ1v) is 9.51. The van der Waals surface area contributed by atoms with Gasteiger partial charge in [0.1, 0.15) is 17.1 Å². The topological polar surface area (TPSA) is 75.1 Å². The highest BCUT2D eigenvalue weighted by Crippen LogP contribution is 2.24. The van der Waals surface area contributed by atoms with Crippen LogP contribution in [0.15, 0.2) is 53.5 Å². The molecule has 0 aliphatic rings. The van der Waals surface area contributed by atoms with E-state index in [1.54, 1.807) is 21.1 Å². The minimum Gasteiger partial charge on any atom is -0.497 e. The van der Waals surface area contributed by atoms with Crippen LogP contribution in [0.5, 0.6) is 11.5 Å². The van der Waals surface area contributed by atoms with E-state index >= 15 is 0 Å². The molecule has 2 aromatic carbocycles. The van der Waals surface area contributed by atoms with Crippen LogP contribution < -0.4 is 20.1 Å². The Morgan fingerprint density at radius 3 is 2.41 bits per heavy atom. The number of halogens is 1. The summed E-state index contributed by atoms with van der Waals surface area (Å²) in [7, 11) is 3.31. The zero-order valence-corrected chi connectivity index (χ0v) is 19.9. The minimum atomic E-state index is -1.03. The van der Waals surface area contributed by atoms with E-state index in [-0.39, 0.29) is 30.5 Å². The van der Waals surface area contributed by atoms with Crippen molar-refractivity contribution >= 4 is 29.9 Å². The molecule has 6 nitrogen and oxygen atoms in total. The number of hydrogen-bond donors (Lipinski definition) is 3. The van der Waals surface area contributed by atoms with Gasteiger partial charge in [0, 0.05) is 13.1 Å². The summed E-state index contributed by atoms with van der Waals surface area (Å²) in [4.78, 5) is 4.56. The fourth-order valence-corrected chi connectivity index (χ4v) is 2.86. The van der Waals surface area contributed by atoms with Crippen LogP contribution in [0.1, 0.15) is 25.0 Å². The summed E-state index contributed by atoms with van der Waals surface area (Å²) in [5, 5.41) is 17.3. The molecule has 0 radical (unpaired) electrons. The van der Waals surface area contributed by atoms with Gasteiger partial charge in [-0.1, -0.05) is 30.3 Å². The van der Waals surface area contributed by atoms with E-state index in [1.807, 2.05) is 55.5 Å². The normalized spacial score (nSPS) is 13.1. The van der Waals surface area contributed by atoms with Crippen molar-refractivity contribution in [1.82, 2.24) is 10.6 Å². The number of nitrogens with zero attached hydrogens (tertiary/aromatic N) is 1. The summed E-state index contributed by atoms with van der Waals surface area (Å²) < 4.78 is 10.7. The molecular formula is C22H32IN3O3. The summed E-state index contributed by atoms with van der Waals surface area (Å²) in [6, 6.07) is 15.3. The maximum absolute atomic E-state index is 10.7. The lowest BCUT2D eigenvalue weighted by Gasteiger charge is -2.22. The Morgan fingerprint density at radius 2 is 1.79 bits per heavy atom. The molecule has 2 aromatic rings. The van der Waals surface area contributed by atoms with Crippen LogP contribution in [0.4, 0.5) is 0 Å². The summed E-state index contributed by atoms with van der Waals surface area (Å²) in [6.07, 6.45) is 0.750. The van der Waals surface area contributed by atoms with Crippen molar-refractivity contribution in [3.63, 3.8) is 0 Å². The van der Waals surface area contributed by atoms with Crippen LogP contribution in [0, 0.1) is 0 Å². The summed E-state index contributed by atoms with van der Waals surface area (Å²) in [5.74, 6) is 2.30. The largest absolute Gasteiger partial charge is 0.497 e. The molecule has 2 rings (SSSR count). The Hall–Kier alpha value is -2.00. The Kier molecular flexibility index (Phi) is 10.8. The van der Waals surface area contributed by atoms with E-state index in [2.05, 4.69) is 15.6 Å². The SMILES string of the molecule is CCNC(=NCC(C)(O)c1ccccc1)NCCc1cc(OC)ccc1OC.I. The molecule has 0 aromatic heterocycles. The monoisotopic (exact) mass is 513 g/mol. The number of nitrogens with one attached hydrogen (secondary N) is 2. The van der Waals surface area contributed by atoms with Crippen molar-refractivity contribution in [3.8, 4) is 11.5 Å². The number of guanidine groups is 1. The van der Waals surface area contributed by atoms with Gasteiger partial charge in [0.15, 0.2) is 5.96 Å². The lowest BCUT2D eigenvalue weighted by molar-refractivity contribution is 0.0672. The molecule has 160 valence electrons. The van der Waals surface area contributed by atoms with Crippen LogP contribution in [-0.4, -0.2) is 44.9 Å². The quantitative estimate of drug-likeness (QED) is 0.273. The van der Waals surface area contributed by atoms with Crippen molar-refractivity contribution in [3.05, 3.63) is 59.7 Å². The fraction of sp³-hybridized carbons (Fsp3) is 0.409.